The topological polar surface area (TPSA) is 81.1 Å². The van der Waals surface area contributed by atoms with E-state index >= 15 is 0 Å². The minimum absolute atomic E-state index is 0.140. The number of nitrogens with one attached hydrogen (secondary N) is 2. The average Bonchev–Trinajstić information content (AvgIpc) is 3.28. The molecular weight excluding hydrogens is 470 g/mol. The second-order valence-corrected chi connectivity index (χ2v) is 9.37. The summed E-state index contributed by atoms with van der Waals surface area (Å²) < 4.78 is 7.15. The van der Waals surface area contributed by atoms with Crippen LogP contribution in [0.5, 0.6) is 5.75 Å². The zero-order valence-electron chi connectivity index (χ0n) is 18.5. The number of amides is 1. The van der Waals surface area contributed by atoms with Crippen molar-refractivity contribution in [1.82, 2.24) is 14.9 Å². The molecule has 2 atom stereocenters. The maximum absolute atomic E-state index is 13.5. The number of thioether (sulfide) groups is 1. The number of fused-ring (bicyclic) bond motifs is 1. The summed E-state index contributed by atoms with van der Waals surface area (Å²) in [6.45, 7) is 1.96. The molecule has 2 unspecified atom stereocenters. The van der Waals surface area contributed by atoms with Gasteiger partial charge >= 0.3 is 0 Å². The first kappa shape index (κ1) is 22.3. The number of aryl methyl sites for hydroxylation is 1. The maximum Gasteiger partial charge on any atom is 0.240 e. The Balaban J connectivity index is 1.54. The van der Waals surface area contributed by atoms with Gasteiger partial charge in [0.1, 0.15) is 11.0 Å². The van der Waals surface area contributed by atoms with E-state index < -0.39 is 11.3 Å². The van der Waals surface area contributed by atoms with Gasteiger partial charge in [-0.2, -0.15) is 0 Å². The quantitative estimate of drug-likeness (QED) is 0.393. The van der Waals surface area contributed by atoms with Crippen LogP contribution in [-0.2, 0) is 4.79 Å². The average molecular weight is 492 g/mol. The number of carbonyl (C=O) groups excluding carboxylic acids is 1. The van der Waals surface area contributed by atoms with Crippen LogP contribution in [-0.4, -0.2) is 33.1 Å². The Morgan fingerprint density at radius 3 is 2.59 bits per heavy atom. The molecule has 1 aliphatic heterocycles. The van der Waals surface area contributed by atoms with E-state index in [0.717, 1.165) is 22.4 Å². The molecule has 0 radical (unpaired) electrons. The Bertz CT molecular complexity index is 1340. The van der Waals surface area contributed by atoms with Gasteiger partial charge < -0.3 is 15.5 Å². The lowest BCUT2D eigenvalue weighted by atomic mass is 10.0. The van der Waals surface area contributed by atoms with Gasteiger partial charge in [0.25, 0.3) is 0 Å². The SMILES string of the molecule is COc1ccc(C2Nn3c(nnc3-c3ccccc3)SC2C(=O)Nc2ccccc2C)cc1Cl. The Morgan fingerprint density at radius 2 is 1.85 bits per heavy atom. The largest absolute Gasteiger partial charge is 0.495 e. The molecule has 7 nitrogen and oxygen atoms in total. The van der Waals surface area contributed by atoms with E-state index in [4.69, 9.17) is 16.3 Å². The minimum atomic E-state index is -0.524. The first-order valence-electron chi connectivity index (χ1n) is 10.7. The van der Waals surface area contributed by atoms with Gasteiger partial charge in [-0.15, -0.1) is 10.2 Å². The third-order valence-electron chi connectivity index (χ3n) is 5.66. The summed E-state index contributed by atoms with van der Waals surface area (Å²) in [7, 11) is 1.57. The number of aromatic nitrogens is 3. The van der Waals surface area contributed by atoms with Crippen LogP contribution in [0.4, 0.5) is 5.69 Å². The maximum atomic E-state index is 13.5. The van der Waals surface area contributed by atoms with Gasteiger partial charge in [0.05, 0.1) is 18.2 Å². The minimum Gasteiger partial charge on any atom is -0.495 e. The van der Waals surface area contributed by atoms with E-state index in [9.17, 15) is 4.79 Å². The van der Waals surface area contributed by atoms with Crippen molar-refractivity contribution in [1.29, 1.82) is 0 Å². The molecule has 0 saturated heterocycles. The lowest BCUT2D eigenvalue weighted by Crippen LogP contribution is -2.41. The van der Waals surface area contributed by atoms with Crippen LogP contribution in [0.3, 0.4) is 0 Å². The fourth-order valence-electron chi connectivity index (χ4n) is 3.87. The molecule has 172 valence electrons. The van der Waals surface area contributed by atoms with Crippen LogP contribution in [0.2, 0.25) is 5.02 Å². The van der Waals surface area contributed by atoms with E-state index in [-0.39, 0.29) is 5.91 Å². The lowest BCUT2D eigenvalue weighted by molar-refractivity contribution is -0.116. The third-order valence-corrected chi connectivity index (χ3v) is 7.18. The highest BCUT2D eigenvalue weighted by Crippen LogP contribution is 2.40. The normalized spacial score (nSPS) is 16.9. The van der Waals surface area contributed by atoms with Gasteiger partial charge in [0.2, 0.25) is 11.1 Å². The number of anilines is 1. The smallest absolute Gasteiger partial charge is 0.240 e. The predicted octanol–water partition coefficient (Wildman–Crippen LogP) is 5.31. The van der Waals surface area contributed by atoms with Crippen LogP contribution in [0.1, 0.15) is 17.2 Å². The van der Waals surface area contributed by atoms with Crippen molar-refractivity contribution in [2.24, 2.45) is 0 Å². The zero-order chi connectivity index (χ0) is 23.7. The van der Waals surface area contributed by atoms with Gasteiger partial charge in [0.15, 0.2) is 5.82 Å². The number of benzene rings is 3. The second-order valence-electron chi connectivity index (χ2n) is 7.85. The van der Waals surface area contributed by atoms with Crippen LogP contribution < -0.4 is 15.5 Å². The first-order chi connectivity index (χ1) is 16.5. The number of hydrogen-bond acceptors (Lipinski definition) is 6. The van der Waals surface area contributed by atoms with Gasteiger partial charge in [-0.25, -0.2) is 4.68 Å². The van der Waals surface area contributed by atoms with Crippen molar-refractivity contribution in [2.45, 2.75) is 23.4 Å². The molecule has 5 rings (SSSR count). The molecule has 2 N–H and O–H groups in total. The highest BCUT2D eigenvalue weighted by atomic mass is 35.5. The van der Waals surface area contributed by atoms with Crippen LogP contribution in [0.15, 0.2) is 78.0 Å². The standard InChI is InChI=1S/C25H22ClN5O2S/c1-15-8-6-7-11-19(15)27-24(32)22-21(17-12-13-20(33-2)18(26)14-17)30-31-23(28-29-25(31)34-22)16-9-4-3-5-10-16/h3-14,21-22,30H,1-2H3,(H,27,32). The summed E-state index contributed by atoms with van der Waals surface area (Å²) in [6, 6.07) is 22.6. The monoisotopic (exact) mass is 491 g/mol. The van der Waals surface area contributed by atoms with Gasteiger partial charge in [-0.3, -0.25) is 4.79 Å². The summed E-state index contributed by atoms with van der Waals surface area (Å²) in [5.74, 6) is 1.11. The molecule has 34 heavy (non-hydrogen) atoms. The summed E-state index contributed by atoms with van der Waals surface area (Å²) >= 11 is 7.81. The zero-order valence-corrected chi connectivity index (χ0v) is 20.1. The Hall–Kier alpha value is -3.49. The molecule has 1 aliphatic rings. The van der Waals surface area contributed by atoms with Crippen LogP contribution >= 0.6 is 23.4 Å². The highest BCUT2D eigenvalue weighted by Gasteiger charge is 2.38. The molecular formula is C25H22ClN5O2S. The molecule has 4 aromatic rings. The van der Waals surface area contributed by atoms with Crippen molar-refractivity contribution in [3.05, 3.63) is 88.9 Å². The van der Waals surface area contributed by atoms with Crippen LogP contribution in [0, 0.1) is 6.92 Å². The third kappa shape index (κ3) is 4.22. The summed E-state index contributed by atoms with van der Waals surface area (Å²) in [5.41, 5.74) is 7.00. The second kappa shape index (κ2) is 9.40. The van der Waals surface area contributed by atoms with Crippen molar-refractivity contribution in [2.75, 3.05) is 17.9 Å². The van der Waals surface area contributed by atoms with Crippen molar-refractivity contribution in [3.8, 4) is 17.1 Å². The number of halogens is 1. The van der Waals surface area contributed by atoms with Gasteiger partial charge in [-0.05, 0) is 36.2 Å². The number of hydrogen-bond donors (Lipinski definition) is 2. The Labute approximate surface area is 206 Å². The number of methoxy groups -OCH3 is 1. The fourth-order valence-corrected chi connectivity index (χ4v) is 5.22. The summed E-state index contributed by atoms with van der Waals surface area (Å²) in [4.78, 5) is 13.5. The number of ether oxygens (including phenoxy) is 1. The molecule has 0 fully saturated rings. The summed E-state index contributed by atoms with van der Waals surface area (Å²) in [5, 5.41) is 12.4. The van der Waals surface area contributed by atoms with Gasteiger partial charge in [0, 0.05) is 11.3 Å². The van der Waals surface area contributed by atoms with Crippen molar-refractivity contribution in [3.63, 3.8) is 0 Å². The number of para-hydroxylation sites is 1. The Kier molecular flexibility index (Phi) is 6.17. The fraction of sp³-hybridized carbons (Fsp3) is 0.160. The van der Waals surface area contributed by atoms with E-state index in [2.05, 4.69) is 20.9 Å². The van der Waals surface area contributed by atoms with E-state index in [1.807, 2.05) is 78.3 Å². The van der Waals surface area contributed by atoms with Gasteiger partial charge in [-0.1, -0.05) is 78.0 Å². The summed E-state index contributed by atoms with van der Waals surface area (Å²) in [6.07, 6.45) is 0. The van der Waals surface area contributed by atoms with E-state index in [1.165, 1.54) is 11.8 Å². The molecule has 1 aromatic heterocycles. The van der Waals surface area contributed by atoms with Crippen LogP contribution in [0.25, 0.3) is 11.4 Å². The van der Waals surface area contributed by atoms with Crippen molar-refractivity contribution >= 4 is 35.0 Å². The molecule has 2 heterocycles. The molecule has 9 heteroatoms. The van der Waals surface area contributed by atoms with E-state index in [0.29, 0.717) is 21.8 Å². The lowest BCUT2D eigenvalue weighted by Gasteiger charge is -2.33. The predicted molar refractivity (Wildman–Crippen MR) is 135 cm³/mol. The first-order valence-corrected chi connectivity index (χ1v) is 11.9. The molecule has 0 bridgehead atoms. The number of carbonyl (C=O) groups is 1. The molecule has 3 aromatic carbocycles. The van der Waals surface area contributed by atoms with Crippen molar-refractivity contribution < 1.29 is 9.53 Å². The highest BCUT2D eigenvalue weighted by molar-refractivity contribution is 8.00. The molecule has 0 aliphatic carbocycles. The number of rotatable bonds is 5. The number of nitrogens with zero attached hydrogens (tertiary/aromatic N) is 3. The molecule has 0 saturated carbocycles. The van der Waals surface area contributed by atoms with E-state index in [1.54, 1.807) is 13.2 Å². The molecule has 1 amide bonds. The molecule has 0 spiro atoms. The Morgan fingerprint density at radius 1 is 1.09 bits per heavy atom.